The topological polar surface area (TPSA) is 55.2 Å². The molecule has 0 radical (unpaired) electrons. The molecule has 5 rings (SSSR count). The van der Waals surface area contributed by atoms with Crippen LogP contribution in [0.25, 0.3) is 0 Å². The van der Waals surface area contributed by atoms with Gasteiger partial charge in [0.2, 0.25) is 0 Å². The van der Waals surface area contributed by atoms with Crippen LogP contribution in [0.15, 0.2) is 79.3 Å². The molecule has 172 valence electrons. The standard InChI is InChI=1S/C27H27N5OS/c1-18-16-21(19(2)31(18)17-20-11-14-28-15-12-20)26-25(22-8-6-7-13-29-22)30-27(34)32(26)23-9-4-5-10-24(23)33-3/h4-16,25-26H,17H2,1-3H3,(H,30,34)/t25-,26+/m1/s1. The van der Waals surface area contributed by atoms with E-state index < -0.39 is 0 Å². The lowest BCUT2D eigenvalue weighted by atomic mass is 9.96. The summed E-state index contributed by atoms with van der Waals surface area (Å²) in [6.45, 7) is 5.12. The highest BCUT2D eigenvalue weighted by atomic mass is 32.1. The fourth-order valence-electron chi connectivity index (χ4n) is 4.80. The van der Waals surface area contributed by atoms with Crippen molar-refractivity contribution in [2.75, 3.05) is 12.0 Å². The van der Waals surface area contributed by atoms with Crippen molar-refractivity contribution in [3.63, 3.8) is 0 Å². The lowest BCUT2D eigenvalue weighted by Gasteiger charge is -2.29. The Bertz CT molecular complexity index is 1310. The van der Waals surface area contributed by atoms with Crippen molar-refractivity contribution in [1.29, 1.82) is 0 Å². The van der Waals surface area contributed by atoms with E-state index in [9.17, 15) is 0 Å². The summed E-state index contributed by atoms with van der Waals surface area (Å²) in [5, 5.41) is 4.20. The van der Waals surface area contributed by atoms with Gasteiger partial charge in [-0.15, -0.1) is 0 Å². The van der Waals surface area contributed by atoms with Gasteiger partial charge in [-0.1, -0.05) is 18.2 Å². The quantitative estimate of drug-likeness (QED) is 0.395. The van der Waals surface area contributed by atoms with Gasteiger partial charge in [-0.3, -0.25) is 9.97 Å². The van der Waals surface area contributed by atoms with E-state index >= 15 is 0 Å². The second-order valence-electron chi connectivity index (χ2n) is 8.44. The smallest absolute Gasteiger partial charge is 0.174 e. The molecule has 3 aromatic heterocycles. The zero-order valence-electron chi connectivity index (χ0n) is 19.5. The van der Waals surface area contributed by atoms with Crippen molar-refractivity contribution in [3.8, 4) is 5.75 Å². The third-order valence-corrected chi connectivity index (χ3v) is 6.78. The Morgan fingerprint density at radius 1 is 1.00 bits per heavy atom. The molecule has 34 heavy (non-hydrogen) atoms. The van der Waals surface area contributed by atoms with Crippen molar-refractivity contribution in [3.05, 3.63) is 107 Å². The lowest BCUT2D eigenvalue weighted by Crippen LogP contribution is -2.30. The van der Waals surface area contributed by atoms with E-state index in [4.69, 9.17) is 17.0 Å². The van der Waals surface area contributed by atoms with Gasteiger partial charge in [0, 0.05) is 36.5 Å². The summed E-state index contributed by atoms with van der Waals surface area (Å²) >= 11 is 5.89. The zero-order valence-corrected chi connectivity index (χ0v) is 20.3. The SMILES string of the molecule is COc1ccccc1N1C(=S)N[C@H](c2ccccn2)[C@@H]1c1cc(C)n(Cc2ccncc2)c1C. The Balaban J connectivity index is 1.64. The van der Waals surface area contributed by atoms with Crippen LogP contribution in [0.2, 0.25) is 0 Å². The van der Waals surface area contributed by atoms with Gasteiger partial charge < -0.3 is 19.5 Å². The van der Waals surface area contributed by atoms with Crippen LogP contribution in [0, 0.1) is 13.8 Å². The fraction of sp³-hybridized carbons (Fsp3) is 0.222. The van der Waals surface area contributed by atoms with Crippen LogP contribution >= 0.6 is 12.2 Å². The van der Waals surface area contributed by atoms with E-state index in [2.05, 4.69) is 68.9 Å². The third-order valence-electron chi connectivity index (χ3n) is 6.46. The number of rotatable bonds is 6. The largest absolute Gasteiger partial charge is 0.495 e. The van der Waals surface area contributed by atoms with E-state index in [1.54, 1.807) is 7.11 Å². The Hall–Kier alpha value is -3.71. The van der Waals surface area contributed by atoms with Gasteiger partial charge in [-0.25, -0.2) is 0 Å². The van der Waals surface area contributed by atoms with Crippen LogP contribution < -0.4 is 15.0 Å². The number of anilines is 1. The van der Waals surface area contributed by atoms with Crippen molar-refractivity contribution < 1.29 is 4.74 Å². The first kappa shape index (κ1) is 22.1. The molecule has 1 saturated heterocycles. The number of aryl methyl sites for hydroxylation is 1. The highest BCUT2D eigenvalue weighted by Crippen LogP contribution is 2.45. The Labute approximate surface area is 205 Å². The Morgan fingerprint density at radius 2 is 1.76 bits per heavy atom. The minimum absolute atomic E-state index is 0.0870. The summed E-state index contributed by atoms with van der Waals surface area (Å²) in [4.78, 5) is 11.0. The number of thiocarbonyl (C=S) groups is 1. The summed E-state index contributed by atoms with van der Waals surface area (Å²) < 4.78 is 8.06. The summed E-state index contributed by atoms with van der Waals surface area (Å²) in [5.74, 6) is 0.781. The number of hydrogen-bond donors (Lipinski definition) is 1. The lowest BCUT2D eigenvalue weighted by molar-refractivity contribution is 0.414. The molecule has 0 amide bonds. The van der Waals surface area contributed by atoms with Crippen LogP contribution in [0.1, 0.15) is 40.3 Å². The maximum absolute atomic E-state index is 5.89. The van der Waals surface area contributed by atoms with Crippen LogP contribution in [-0.2, 0) is 6.54 Å². The third kappa shape index (κ3) is 3.92. The summed E-state index contributed by atoms with van der Waals surface area (Å²) in [6.07, 6.45) is 5.50. The molecule has 0 bridgehead atoms. The van der Waals surface area contributed by atoms with Crippen molar-refractivity contribution >= 4 is 23.0 Å². The fourth-order valence-corrected chi connectivity index (χ4v) is 5.14. The normalized spacial score (nSPS) is 17.6. The second kappa shape index (κ2) is 9.27. The maximum Gasteiger partial charge on any atom is 0.174 e. The van der Waals surface area contributed by atoms with Gasteiger partial charge >= 0.3 is 0 Å². The van der Waals surface area contributed by atoms with Crippen molar-refractivity contribution in [2.45, 2.75) is 32.5 Å². The van der Waals surface area contributed by atoms with Gasteiger partial charge in [0.25, 0.3) is 0 Å². The molecule has 0 aliphatic carbocycles. The average Bonchev–Trinajstić information content (AvgIpc) is 3.36. The van der Waals surface area contributed by atoms with Gasteiger partial charge in [0.15, 0.2) is 5.11 Å². The predicted octanol–water partition coefficient (Wildman–Crippen LogP) is 5.13. The molecular weight excluding hydrogens is 442 g/mol. The van der Waals surface area contributed by atoms with Crippen molar-refractivity contribution in [1.82, 2.24) is 19.9 Å². The monoisotopic (exact) mass is 469 g/mol. The van der Waals surface area contributed by atoms with Crippen LogP contribution in [0.4, 0.5) is 5.69 Å². The second-order valence-corrected chi connectivity index (χ2v) is 8.82. The van der Waals surface area contributed by atoms with E-state index in [1.165, 1.54) is 22.5 Å². The van der Waals surface area contributed by atoms with Crippen molar-refractivity contribution in [2.24, 2.45) is 0 Å². The molecule has 0 saturated carbocycles. The molecule has 6 nitrogen and oxygen atoms in total. The van der Waals surface area contributed by atoms with E-state index in [0.717, 1.165) is 23.7 Å². The van der Waals surface area contributed by atoms with Crippen LogP contribution in [-0.4, -0.2) is 26.8 Å². The number of methoxy groups -OCH3 is 1. The zero-order chi connectivity index (χ0) is 23.7. The number of ether oxygens (including phenoxy) is 1. The number of aromatic nitrogens is 3. The first-order valence-electron chi connectivity index (χ1n) is 11.3. The molecule has 1 aliphatic heterocycles. The van der Waals surface area contributed by atoms with Gasteiger partial charge in [0.1, 0.15) is 5.75 Å². The molecule has 1 N–H and O–H groups in total. The first-order chi connectivity index (χ1) is 16.6. The summed E-state index contributed by atoms with van der Waals surface area (Å²) in [6, 6.07) is 20.2. The van der Waals surface area contributed by atoms with Crippen LogP contribution in [0.5, 0.6) is 5.75 Å². The molecule has 4 aromatic rings. The van der Waals surface area contributed by atoms with E-state index in [1.807, 2.05) is 48.9 Å². The average molecular weight is 470 g/mol. The highest BCUT2D eigenvalue weighted by Gasteiger charge is 2.43. The predicted molar refractivity (Wildman–Crippen MR) is 138 cm³/mol. The minimum atomic E-state index is -0.103. The summed E-state index contributed by atoms with van der Waals surface area (Å²) in [7, 11) is 1.69. The first-order valence-corrected chi connectivity index (χ1v) is 11.7. The molecule has 4 heterocycles. The number of nitrogens with zero attached hydrogens (tertiary/aromatic N) is 4. The number of benzene rings is 1. The van der Waals surface area contributed by atoms with E-state index in [-0.39, 0.29) is 12.1 Å². The molecule has 1 fully saturated rings. The number of pyridine rings is 2. The van der Waals surface area contributed by atoms with Gasteiger partial charge in [-0.05, 0) is 79.7 Å². The Morgan fingerprint density at radius 3 is 2.50 bits per heavy atom. The van der Waals surface area contributed by atoms with Gasteiger partial charge in [-0.2, -0.15) is 0 Å². The number of para-hydroxylation sites is 2. The molecule has 1 aromatic carbocycles. The number of hydrogen-bond acceptors (Lipinski definition) is 4. The molecule has 1 aliphatic rings. The maximum atomic E-state index is 5.89. The molecule has 0 spiro atoms. The highest BCUT2D eigenvalue weighted by molar-refractivity contribution is 7.80. The molecule has 2 atom stereocenters. The number of nitrogens with one attached hydrogen (secondary N) is 1. The summed E-state index contributed by atoms with van der Waals surface area (Å²) in [5.41, 5.74) is 6.70. The minimum Gasteiger partial charge on any atom is -0.495 e. The van der Waals surface area contributed by atoms with Crippen LogP contribution in [0.3, 0.4) is 0 Å². The molecular formula is C27H27N5OS. The molecule has 0 unspecified atom stereocenters. The van der Waals surface area contributed by atoms with E-state index in [0.29, 0.717) is 5.11 Å². The Kier molecular flexibility index (Phi) is 6.02. The van der Waals surface area contributed by atoms with Gasteiger partial charge in [0.05, 0.1) is 30.6 Å². The molecule has 7 heteroatoms.